The number of hydrogen-bond donors (Lipinski definition) is 2. The molecule has 116 valence electrons. The normalized spacial score (nSPS) is 22.2. The molecule has 2 unspecified atom stereocenters. The molecule has 2 atom stereocenters. The molecule has 1 saturated carbocycles. The highest BCUT2D eigenvalue weighted by Crippen LogP contribution is 2.29. The summed E-state index contributed by atoms with van der Waals surface area (Å²) in [5.41, 5.74) is 0.294. The van der Waals surface area contributed by atoms with Crippen LogP contribution in [0.4, 0.5) is 10.1 Å². The molecule has 0 aliphatic heterocycles. The van der Waals surface area contributed by atoms with Crippen molar-refractivity contribution < 1.29 is 14.4 Å². The minimum absolute atomic E-state index is 0.0637. The molecule has 0 heterocycles. The quantitative estimate of drug-likeness (QED) is 0.625. The number of rotatable bonds is 6. The van der Waals surface area contributed by atoms with Crippen LogP contribution in [0.3, 0.4) is 0 Å². The van der Waals surface area contributed by atoms with Crippen molar-refractivity contribution in [3.05, 3.63) is 39.7 Å². The summed E-state index contributed by atoms with van der Waals surface area (Å²) in [6.45, 7) is 1.15. The van der Waals surface area contributed by atoms with Gasteiger partial charge in [0.25, 0.3) is 5.69 Å². The van der Waals surface area contributed by atoms with Crippen molar-refractivity contribution in [2.75, 3.05) is 13.2 Å². The standard InChI is InChI=1S/C15H21FN2O3/c16-14-5-6-15(18(20)21)13(7-14)9-17-8-11-3-1-2-4-12(11)10-19/h5-7,11-12,17,19H,1-4,8-10H2. The van der Waals surface area contributed by atoms with E-state index >= 15 is 0 Å². The van der Waals surface area contributed by atoms with Gasteiger partial charge in [0.1, 0.15) is 5.82 Å². The molecule has 1 aromatic carbocycles. The van der Waals surface area contributed by atoms with E-state index in [1.54, 1.807) is 0 Å². The molecular formula is C15H21FN2O3. The van der Waals surface area contributed by atoms with Crippen molar-refractivity contribution in [1.82, 2.24) is 5.32 Å². The molecule has 2 N–H and O–H groups in total. The first-order valence-electron chi connectivity index (χ1n) is 7.36. The average molecular weight is 296 g/mol. The lowest BCUT2D eigenvalue weighted by molar-refractivity contribution is -0.385. The van der Waals surface area contributed by atoms with Gasteiger partial charge >= 0.3 is 0 Å². The highest BCUT2D eigenvalue weighted by atomic mass is 19.1. The van der Waals surface area contributed by atoms with Crippen LogP contribution in [0.15, 0.2) is 18.2 Å². The summed E-state index contributed by atoms with van der Waals surface area (Å²) in [7, 11) is 0. The molecule has 0 aromatic heterocycles. The van der Waals surface area contributed by atoms with E-state index in [0.29, 0.717) is 23.9 Å². The monoisotopic (exact) mass is 296 g/mol. The summed E-state index contributed by atoms with van der Waals surface area (Å²) in [4.78, 5) is 10.4. The Bertz CT molecular complexity index is 496. The minimum Gasteiger partial charge on any atom is -0.396 e. The van der Waals surface area contributed by atoms with Crippen molar-refractivity contribution in [1.29, 1.82) is 0 Å². The maximum absolute atomic E-state index is 13.2. The molecule has 0 radical (unpaired) electrons. The zero-order valence-electron chi connectivity index (χ0n) is 11.9. The molecule has 0 amide bonds. The number of benzene rings is 1. The van der Waals surface area contributed by atoms with Crippen LogP contribution in [0.25, 0.3) is 0 Å². The molecule has 1 fully saturated rings. The average Bonchev–Trinajstić information content (AvgIpc) is 2.47. The summed E-state index contributed by atoms with van der Waals surface area (Å²) < 4.78 is 13.2. The highest BCUT2D eigenvalue weighted by molar-refractivity contribution is 5.40. The minimum atomic E-state index is -0.492. The van der Waals surface area contributed by atoms with Crippen LogP contribution in [-0.2, 0) is 6.54 Å². The van der Waals surface area contributed by atoms with E-state index in [4.69, 9.17) is 0 Å². The Balaban J connectivity index is 1.93. The third kappa shape index (κ3) is 4.22. The van der Waals surface area contributed by atoms with Crippen LogP contribution in [0.1, 0.15) is 31.2 Å². The van der Waals surface area contributed by atoms with Gasteiger partial charge in [-0.25, -0.2) is 4.39 Å². The van der Waals surface area contributed by atoms with E-state index in [1.807, 2.05) is 0 Å². The van der Waals surface area contributed by atoms with Gasteiger partial charge in [-0.2, -0.15) is 0 Å². The fourth-order valence-corrected chi connectivity index (χ4v) is 3.06. The first kappa shape index (κ1) is 15.9. The number of nitrogens with zero attached hydrogens (tertiary/aromatic N) is 1. The van der Waals surface area contributed by atoms with Crippen LogP contribution in [0, 0.1) is 27.8 Å². The Labute approximate surface area is 123 Å². The Hall–Kier alpha value is -1.53. The van der Waals surface area contributed by atoms with E-state index in [2.05, 4.69) is 5.32 Å². The van der Waals surface area contributed by atoms with Gasteiger partial charge in [0.2, 0.25) is 0 Å². The van der Waals surface area contributed by atoms with Crippen LogP contribution in [0.2, 0.25) is 0 Å². The van der Waals surface area contributed by atoms with E-state index in [0.717, 1.165) is 31.7 Å². The number of nitrogens with one attached hydrogen (secondary N) is 1. The molecule has 0 saturated heterocycles. The van der Waals surface area contributed by atoms with Crippen LogP contribution >= 0.6 is 0 Å². The van der Waals surface area contributed by atoms with Gasteiger partial charge in [0.15, 0.2) is 0 Å². The third-order valence-electron chi connectivity index (χ3n) is 4.26. The first-order valence-corrected chi connectivity index (χ1v) is 7.36. The Kier molecular flexibility index (Phi) is 5.64. The molecule has 2 rings (SSSR count). The van der Waals surface area contributed by atoms with Crippen molar-refractivity contribution >= 4 is 5.69 Å². The van der Waals surface area contributed by atoms with Gasteiger partial charge in [0.05, 0.1) is 4.92 Å². The van der Waals surface area contributed by atoms with Crippen LogP contribution < -0.4 is 5.32 Å². The van der Waals surface area contributed by atoms with Crippen molar-refractivity contribution in [2.24, 2.45) is 11.8 Å². The molecule has 1 aliphatic rings. The second-order valence-electron chi connectivity index (χ2n) is 5.65. The number of halogens is 1. The van der Waals surface area contributed by atoms with Crippen molar-refractivity contribution in [3.63, 3.8) is 0 Å². The summed E-state index contributed by atoms with van der Waals surface area (Å²) >= 11 is 0. The van der Waals surface area contributed by atoms with Crippen LogP contribution in [0.5, 0.6) is 0 Å². The molecule has 0 bridgehead atoms. The molecule has 1 aromatic rings. The first-order chi connectivity index (χ1) is 10.1. The maximum Gasteiger partial charge on any atom is 0.274 e. The zero-order chi connectivity index (χ0) is 15.2. The van der Waals surface area contributed by atoms with Gasteiger partial charge in [-0.1, -0.05) is 12.8 Å². The number of aliphatic hydroxyl groups excluding tert-OH is 1. The van der Waals surface area contributed by atoms with Crippen molar-refractivity contribution in [2.45, 2.75) is 32.2 Å². The summed E-state index contributed by atoms with van der Waals surface area (Å²) in [6, 6.07) is 3.50. The smallest absolute Gasteiger partial charge is 0.274 e. The molecular weight excluding hydrogens is 275 g/mol. The largest absolute Gasteiger partial charge is 0.396 e. The lowest BCUT2D eigenvalue weighted by Gasteiger charge is -2.30. The number of nitro benzene ring substituents is 1. The van der Waals surface area contributed by atoms with E-state index < -0.39 is 10.7 Å². The Morgan fingerprint density at radius 1 is 1.33 bits per heavy atom. The number of nitro groups is 1. The Morgan fingerprint density at radius 3 is 2.71 bits per heavy atom. The molecule has 0 spiro atoms. The lowest BCUT2D eigenvalue weighted by atomic mass is 9.79. The number of aliphatic hydroxyl groups is 1. The molecule has 21 heavy (non-hydrogen) atoms. The maximum atomic E-state index is 13.2. The topological polar surface area (TPSA) is 75.4 Å². The number of hydrogen-bond acceptors (Lipinski definition) is 4. The SMILES string of the molecule is O=[N+]([O-])c1ccc(F)cc1CNCC1CCCCC1CO. The van der Waals surface area contributed by atoms with Gasteiger partial charge in [-0.15, -0.1) is 0 Å². The summed E-state index contributed by atoms with van der Waals surface area (Å²) in [5.74, 6) is 0.216. The van der Waals surface area contributed by atoms with Gasteiger partial charge in [0, 0.05) is 24.8 Å². The molecule has 5 nitrogen and oxygen atoms in total. The van der Waals surface area contributed by atoms with Gasteiger partial charge in [-0.3, -0.25) is 10.1 Å². The van der Waals surface area contributed by atoms with E-state index in [9.17, 15) is 19.6 Å². The Morgan fingerprint density at radius 2 is 2.05 bits per heavy atom. The predicted octanol–water partition coefficient (Wildman–Crippen LogP) is 2.62. The summed E-state index contributed by atoms with van der Waals surface area (Å²) in [6.07, 6.45) is 4.40. The second kappa shape index (κ2) is 7.47. The lowest BCUT2D eigenvalue weighted by Crippen LogP contribution is -2.32. The third-order valence-corrected chi connectivity index (χ3v) is 4.26. The van der Waals surface area contributed by atoms with Gasteiger partial charge in [-0.05, 0) is 43.4 Å². The van der Waals surface area contributed by atoms with E-state index in [-0.39, 0.29) is 18.8 Å². The highest BCUT2D eigenvalue weighted by Gasteiger charge is 2.24. The van der Waals surface area contributed by atoms with E-state index in [1.165, 1.54) is 12.1 Å². The van der Waals surface area contributed by atoms with Crippen LogP contribution in [-0.4, -0.2) is 23.2 Å². The van der Waals surface area contributed by atoms with Gasteiger partial charge < -0.3 is 10.4 Å². The zero-order valence-corrected chi connectivity index (χ0v) is 11.9. The predicted molar refractivity (Wildman–Crippen MR) is 77.3 cm³/mol. The molecule has 1 aliphatic carbocycles. The second-order valence-corrected chi connectivity index (χ2v) is 5.65. The fourth-order valence-electron chi connectivity index (χ4n) is 3.06. The fraction of sp³-hybridized carbons (Fsp3) is 0.600. The summed E-state index contributed by atoms with van der Waals surface area (Å²) in [5, 5.41) is 23.5. The molecule has 6 heteroatoms. The van der Waals surface area contributed by atoms with Crippen molar-refractivity contribution in [3.8, 4) is 0 Å².